The van der Waals surface area contributed by atoms with Crippen LogP contribution >= 0.6 is 0 Å². The summed E-state index contributed by atoms with van der Waals surface area (Å²) in [5.74, 6) is 0. The number of fused-ring (bicyclic) bond motifs is 1. The van der Waals surface area contributed by atoms with Crippen LogP contribution in [-0.4, -0.2) is 17.8 Å². The smallest absolute Gasteiger partial charge is 0.0662 e. The predicted molar refractivity (Wildman–Crippen MR) is 76.7 cm³/mol. The fourth-order valence-electron chi connectivity index (χ4n) is 2.20. The van der Waals surface area contributed by atoms with Crippen LogP contribution in [0.25, 0.3) is 10.8 Å². The van der Waals surface area contributed by atoms with E-state index in [0.29, 0.717) is 6.54 Å². The Morgan fingerprint density at radius 1 is 1.11 bits per heavy atom. The monoisotopic (exact) mass is 243 g/mol. The molecule has 0 radical (unpaired) electrons. The molecule has 0 aromatic heterocycles. The van der Waals surface area contributed by atoms with Crippen molar-refractivity contribution in [1.82, 2.24) is 5.32 Å². The lowest BCUT2D eigenvalue weighted by Crippen LogP contribution is -2.28. The number of benzene rings is 2. The van der Waals surface area contributed by atoms with E-state index in [2.05, 4.69) is 54.7 Å². The average Bonchev–Trinajstić information content (AvgIpc) is 2.43. The van der Waals surface area contributed by atoms with E-state index in [1.807, 2.05) is 6.92 Å². The normalized spacial score (nSPS) is 14.6. The Hall–Kier alpha value is -1.38. The first-order valence-corrected chi connectivity index (χ1v) is 6.61. The Kier molecular flexibility index (Phi) is 4.34. The molecule has 96 valence electrons. The van der Waals surface area contributed by atoms with Crippen molar-refractivity contribution >= 4 is 10.8 Å². The van der Waals surface area contributed by atoms with Crippen LogP contribution in [0.2, 0.25) is 0 Å². The minimum atomic E-state index is -0.262. The fraction of sp³-hybridized carbons (Fsp3) is 0.375. The van der Waals surface area contributed by atoms with E-state index in [1.165, 1.54) is 16.3 Å². The number of aliphatic hydroxyl groups is 1. The largest absolute Gasteiger partial charge is 0.392 e. The van der Waals surface area contributed by atoms with Gasteiger partial charge in [0.1, 0.15) is 0 Å². The third-order valence-electron chi connectivity index (χ3n) is 3.42. The molecule has 0 aliphatic rings. The zero-order valence-corrected chi connectivity index (χ0v) is 11.1. The van der Waals surface area contributed by atoms with Crippen LogP contribution in [0.3, 0.4) is 0 Å². The van der Waals surface area contributed by atoms with Gasteiger partial charge in [-0.05, 0) is 29.7 Å². The molecule has 0 saturated heterocycles. The molecule has 0 bridgehead atoms. The highest BCUT2D eigenvalue weighted by Gasteiger charge is 2.09. The van der Waals surface area contributed by atoms with Crippen LogP contribution in [0.4, 0.5) is 0 Å². The van der Waals surface area contributed by atoms with Crippen molar-refractivity contribution in [2.45, 2.75) is 32.4 Å². The standard InChI is InChI=1S/C16H21NO/c1-3-14(18)11-17-12(2)15-10-6-8-13-7-4-5-9-16(13)15/h4-10,12,14,17-18H,3,11H2,1-2H3. The molecule has 0 heterocycles. The number of hydrogen-bond acceptors (Lipinski definition) is 2. The third-order valence-corrected chi connectivity index (χ3v) is 3.42. The van der Waals surface area contributed by atoms with E-state index in [0.717, 1.165) is 6.42 Å². The minimum Gasteiger partial charge on any atom is -0.392 e. The summed E-state index contributed by atoms with van der Waals surface area (Å²) in [5.41, 5.74) is 1.29. The van der Waals surface area contributed by atoms with Crippen molar-refractivity contribution in [3.05, 3.63) is 48.0 Å². The fourth-order valence-corrected chi connectivity index (χ4v) is 2.20. The molecule has 0 amide bonds. The maximum Gasteiger partial charge on any atom is 0.0662 e. The lowest BCUT2D eigenvalue weighted by atomic mass is 9.99. The van der Waals surface area contributed by atoms with E-state index in [4.69, 9.17) is 0 Å². The Labute approximate surface area is 109 Å². The van der Waals surface area contributed by atoms with Gasteiger partial charge < -0.3 is 10.4 Å². The van der Waals surface area contributed by atoms with Gasteiger partial charge in [-0.1, -0.05) is 49.4 Å². The second-order valence-corrected chi connectivity index (χ2v) is 4.76. The number of rotatable bonds is 5. The molecule has 2 unspecified atom stereocenters. The zero-order valence-electron chi connectivity index (χ0n) is 11.1. The summed E-state index contributed by atoms with van der Waals surface area (Å²) in [4.78, 5) is 0. The summed E-state index contributed by atoms with van der Waals surface area (Å²) >= 11 is 0. The van der Waals surface area contributed by atoms with Gasteiger partial charge in [-0.3, -0.25) is 0 Å². The van der Waals surface area contributed by atoms with Crippen LogP contribution in [0.5, 0.6) is 0 Å². The lowest BCUT2D eigenvalue weighted by molar-refractivity contribution is 0.164. The SMILES string of the molecule is CCC(O)CNC(C)c1cccc2ccccc12. The molecular formula is C16H21NO. The highest BCUT2D eigenvalue weighted by molar-refractivity contribution is 5.86. The van der Waals surface area contributed by atoms with Crippen molar-refractivity contribution in [2.24, 2.45) is 0 Å². The predicted octanol–water partition coefficient (Wildman–Crippen LogP) is 3.26. The van der Waals surface area contributed by atoms with Crippen LogP contribution < -0.4 is 5.32 Å². The molecular weight excluding hydrogens is 222 g/mol. The van der Waals surface area contributed by atoms with Crippen molar-refractivity contribution in [2.75, 3.05) is 6.54 Å². The van der Waals surface area contributed by atoms with Gasteiger partial charge in [-0.15, -0.1) is 0 Å². The van der Waals surface area contributed by atoms with Crippen LogP contribution in [0.1, 0.15) is 31.9 Å². The Balaban J connectivity index is 2.19. The van der Waals surface area contributed by atoms with Gasteiger partial charge in [0.05, 0.1) is 6.10 Å². The van der Waals surface area contributed by atoms with E-state index < -0.39 is 0 Å². The second-order valence-electron chi connectivity index (χ2n) is 4.76. The van der Waals surface area contributed by atoms with Gasteiger partial charge in [-0.25, -0.2) is 0 Å². The summed E-state index contributed by atoms with van der Waals surface area (Å²) in [6.07, 6.45) is 0.525. The number of nitrogens with one attached hydrogen (secondary N) is 1. The van der Waals surface area contributed by atoms with E-state index >= 15 is 0 Å². The van der Waals surface area contributed by atoms with Gasteiger partial charge in [0.15, 0.2) is 0 Å². The summed E-state index contributed by atoms with van der Waals surface area (Å²) in [6, 6.07) is 15.0. The summed E-state index contributed by atoms with van der Waals surface area (Å²) in [5, 5.41) is 15.5. The molecule has 2 aromatic carbocycles. The summed E-state index contributed by atoms with van der Waals surface area (Å²) in [7, 11) is 0. The summed E-state index contributed by atoms with van der Waals surface area (Å²) < 4.78 is 0. The van der Waals surface area contributed by atoms with Gasteiger partial charge in [0, 0.05) is 12.6 Å². The Morgan fingerprint density at radius 2 is 1.83 bits per heavy atom. The molecule has 2 aromatic rings. The Morgan fingerprint density at radius 3 is 2.61 bits per heavy atom. The molecule has 0 fully saturated rings. The van der Waals surface area contributed by atoms with Gasteiger partial charge in [-0.2, -0.15) is 0 Å². The molecule has 0 aliphatic heterocycles. The highest BCUT2D eigenvalue weighted by atomic mass is 16.3. The third kappa shape index (κ3) is 2.89. The highest BCUT2D eigenvalue weighted by Crippen LogP contribution is 2.23. The van der Waals surface area contributed by atoms with Gasteiger partial charge in [0.2, 0.25) is 0 Å². The molecule has 18 heavy (non-hydrogen) atoms. The molecule has 2 nitrogen and oxygen atoms in total. The number of hydrogen-bond donors (Lipinski definition) is 2. The molecule has 2 atom stereocenters. The Bertz CT molecular complexity index is 504. The van der Waals surface area contributed by atoms with E-state index in [-0.39, 0.29) is 12.1 Å². The first-order valence-electron chi connectivity index (χ1n) is 6.61. The van der Waals surface area contributed by atoms with E-state index in [9.17, 15) is 5.11 Å². The maximum absolute atomic E-state index is 9.60. The molecule has 0 aliphatic carbocycles. The number of aliphatic hydroxyl groups excluding tert-OH is 1. The topological polar surface area (TPSA) is 32.3 Å². The lowest BCUT2D eigenvalue weighted by Gasteiger charge is -2.18. The molecule has 2 rings (SSSR count). The quantitative estimate of drug-likeness (QED) is 0.844. The van der Waals surface area contributed by atoms with E-state index in [1.54, 1.807) is 0 Å². The van der Waals surface area contributed by atoms with Crippen LogP contribution in [-0.2, 0) is 0 Å². The minimum absolute atomic E-state index is 0.247. The first-order chi connectivity index (χ1) is 8.72. The molecule has 0 saturated carbocycles. The first kappa shape index (κ1) is 13.1. The van der Waals surface area contributed by atoms with Crippen LogP contribution in [0, 0.1) is 0 Å². The molecule has 2 N–H and O–H groups in total. The summed E-state index contributed by atoms with van der Waals surface area (Å²) in [6.45, 7) is 4.78. The van der Waals surface area contributed by atoms with Crippen molar-refractivity contribution in [3.63, 3.8) is 0 Å². The van der Waals surface area contributed by atoms with Crippen molar-refractivity contribution in [3.8, 4) is 0 Å². The zero-order chi connectivity index (χ0) is 13.0. The molecule has 0 spiro atoms. The van der Waals surface area contributed by atoms with Gasteiger partial charge >= 0.3 is 0 Å². The van der Waals surface area contributed by atoms with Crippen molar-refractivity contribution in [1.29, 1.82) is 0 Å². The van der Waals surface area contributed by atoms with Crippen molar-refractivity contribution < 1.29 is 5.11 Å². The molecule has 2 heteroatoms. The second kappa shape index (κ2) is 5.98. The average molecular weight is 243 g/mol. The maximum atomic E-state index is 9.60. The van der Waals surface area contributed by atoms with Gasteiger partial charge in [0.25, 0.3) is 0 Å². The van der Waals surface area contributed by atoms with Crippen LogP contribution in [0.15, 0.2) is 42.5 Å².